The van der Waals surface area contributed by atoms with E-state index < -0.39 is 22.3 Å². The zero-order valence-corrected chi connectivity index (χ0v) is 15.1. The van der Waals surface area contributed by atoms with Crippen LogP contribution in [-0.2, 0) is 4.79 Å². The van der Waals surface area contributed by atoms with E-state index in [4.69, 9.17) is 9.47 Å². The molecule has 9 heteroatoms. The first-order valence-corrected chi connectivity index (χ1v) is 8.11. The second-order valence-corrected chi connectivity index (χ2v) is 5.43. The summed E-state index contributed by atoms with van der Waals surface area (Å²) in [7, 11) is 1.23. The Labute approximate surface area is 160 Å². The third kappa shape index (κ3) is 4.76. The number of anilines is 1. The SMILES string of the molecule is CCOc1ccc(NC(=O)C(C#N)=Cc2cc(OC)c(O)c([N+](=O)[O-])c2)cc1. The number of carbonyl (C=O) groups is 1. The van der Waals surface area contributed by atoms with E-state index in [0.29, 0.717) is 18.0 Å². The van der Waals surface area contributed by atoms with Crippen LogP contribution in [0.5, 0.6) is 17.2 Å². The summed E-state index contributed by atoms with van der Waals surface area (Å²) in [5.41, 5.74) is -0.283. The third-order valence-corrected chi connectivity index (χ3v) is 3.59. The number of nitro groups is 1. The molecule has 0 heterocycles. The molecule has 2 rings (SSSR count). The van der Waals surface area contributed by atoms with E-state index in [2.05, 4.69) is 5.32 Å². The Morgan fingerprint density at radius 3 is 2.57 bits per heavy atom. The average Bonchev–Trinajstić information content (AvgIpc) is 2.68. The summed E-state index contributed by atoms with van der Waals surface area (Å²) in [6.45, 7) is 2.36. The Bertz CT molecular complexity index is 961. The van der Waals surface area contributed by atoms with Crippen molar-refractivity contribution in [1.29, 1.82) is 5.26 Å². The number of nitriles is 1. The fourth-order valence-corrected chi connectivity index (χ4v) is 2.31. The van der Waals surface area contributed by atoms with Gasteiger partial charge in [-0.2, -0.15) is 5.26 Å². The number of amides is 1. The van der Waals surface area contributed by atoms with Crippen LogP contribution in [0.25, 0.3) is 6.08 Å². The Kier molecular flexibility index (Phi) is 6.54. The van der Waals surface area contributed by atoms with Crippen molar-refractivity contribution < 1.29 is 24.3 Å². The van der Waals surface area contributed by atoms with Crippen molar-refractivity contribution in [2.45, 2.75) is 6.92 Å². The zero-order valence-electron chi connectivity index (χ0n) is 15.1. The van der Waals surface area contributed by atoms with Crippen molar-refractivity contribution in [3.8, 4) is 23.3 Å². The summed E-state index contributed by atoms with van der Waals surface area (Å²) >= 11 is 0. The minimum absolute atomic E-state index is 0.148. The molecule has 28 heavy (non-hydrogen) atoms. The maximum absolute atomic E-state index is 12.4. The molecule has 0 saturated carbocycles. The lowest BCUT2D eigenvalue weighted by Crippen LogP contribution is -2.13. The highest BCUT2D eigenvalue weighted by atomic mass is 16.6. The second-order valence-electron chi connectivity index (χ2n) is 5.43. The highest BCUT2D eigenvalue weighted by molar-refractivity contribution is 6.09. The molecular formula is C19H17N3O6. The first-order valence-electron chi connectivity index (χ1n) is 8.11. The van der Waals surface area contributed by atoms with E-state index in [-0.39, 0.29) is 16.9 Å². The summed E-state index contributed by atoms with van der Waals surface area (Å²) < 4.78 is 10.2. The molecule has 9 nitrogen and oxygen atoms in total. The van der Waals surface area contributed by atoms with Crippen molar-refractivity contribution in [2.75, 3.05) is 19.0 Å². The van der Waals surface area contributed by atoms with Gasteiger partial charge in [-0.25, -0.2) is 0 Å². The predicted octanol–water partition coefficient (Wildman–Crippen LogP) is 3.25. The maximum Gasteiger partial charge on any atom is 0.315 e. The topological polar surface area (TPSA) is 135 Å². The summed E-state index contributed by atoms with van der Waals surface area (Å²) in [5, 5.41) is 32.7. The minimum atomic E-state index is -0.790. The summed E-state index contributed by atoms with van der Waals surface area (Å²) in [5.74, 6) is -0.840. The Morgan fingerprint density at radius 1 is 1.36 bits per heavy atom. The lowest BCUT2D eigenvalue weighted by Gasteiger charge is -2.07. The zero-order chi connectivity index (χ0) is 20.7. The lowest BCUT2D eigenvalue weighted by molar-refractivity contribution is -0.386. The number of aromatic hydroxyl groups is 1. The molecule has 1 amide bonds. The molecule has 0 aliphatic carbocycles. The van der Waals surface area contributed by atoms with Gasteiger partial charge in [0.05, 0.1) is 18.6 Å². The molecule has 2 aromatic rings. The Hall–Kier alpha value is -4.06. The number of benzene rings is 2. The monoisotopic (exact) mass is 383 g/mol. The fourth-order valence-electron chi connectivity index (χ4n) is 2.31. The molecule has 0 atom stereocenters. The minimum Gasteiger partial charge on any atom is -0.500 e. The van der Waals surface area contributed by atoms with Crippen molar-refractivity contribution in [3.05, 3.63) is 57.6 Å². The van der Waals surface area contributed by atoms with Crippen LogP contribution in [0, 0.1) is 21.4 Å². The molecule has 0 aliphatic heterocycles. The van der Waals surface area contributed by atoms with E-state index in [1.54, 1.807) is 30.3 Å². The summed E-state index contributed by atoms with van der Waals surface area (Å²) in [4.78, 5) is 22.6. The number of methoxy groups -OCH3 is 1. The van der Waals surface area contributed by atoms with Crippen LogP contribution >= 0.6 is 0 Å². The predicted molar refractivity (Wildman–Crippen MR) is 101 cm³/mol. The molecule has 2 aromatic carbocycles. The van der Waals surface area contributed by atoms with Gasteiger partial charge >= 0.3 is 5.69 Å². The number of nitrogens with one attached hydrogen (secondary N) is 1. The molecule has 2 N–H and O–H groups in total. The largest absolute Gasteiger partial charge is 0.500 e. The van der Waals surface area contributed by atoms with E-state index >= 15 is 0 Å². The molecule has 0 unspecified atom stereocenters. The van der Waals surface area contributed by atoms with Crippen LogP contribution in [0.1, 0.15) is 12.5 Å². The van der Waals surface area contributed by atoms with Gasteiger partial charge in [-0.15, -0.1) is 0 Å². The average molecular weight is 383 g/mol. The van der Waals surface area contributed by atoms with Crippen LogP contribution in [0.2, 0.25) is 0 Å². The number of nitro benzene ring substituents is 1. The van der Waals surface area contributed by atoms with E-state index in [1.165, 1.54) is 19.3 Å². The van der Waals surface area contributed by atoms with Crippen molar-refractivity contribution in [1.82, 2.24) is 0 Å². The number of phenols is 1. The highest BCUT2D eigenvalue weighted by Gasteiger charge is 2.20. The molecule has 0 bridgehead atoms. The van der Waals surface area contributed by atoms with Gasteiger partial charge in [0.15, 0.2) is 5.75 Å². The summed E-state index contributed by atoms with van der Waals surface area (Å²) in [6.07, 6.45) is 1.17. The molecule has 0 aromatic heterocycles. The van der Waals surface area contributed by atoms with E-state index in [9.17, 15) is 25.3 Å². The van der Waals surface area contributed by atoms with Gasteiger partial charge in [0.1, 0.15) is 17.4 Å². The first-order chi connectivity index (χ1) is 13.4. The molecule has 0 spiro atoms. The number of carbonyl (C=O) groups excluding carboxylic acids is 1. The van der Waals surface area contributed by atoms with Crippen molar-refractivity contribution in [2.24, 2.45) is 0 Å². The third-order valence-electron chi connectivity index (χ3n) is 3.59. The molecule has 144 valence electrons. The second kappa shape index (κ2) is 9.05. The van der Waals surface area contributed by atoms with Gasteiger partial charge in [-0.1, -0.05) is 0 Å². The van der Waals surface area contributed by atoms with E-state index in [1.807, 2.05) is 6.92 Å². The van der Waals surface area contributed by atoms with Crippen LogP contribution in [0.3, 0.4) is 0 Å². The molecule has 0 saturated heterocycles. The van der Waals surface area contributed by atoms with E-state index in [0.717, 1.165) is 6.07 Å². The smallest absolute Gasteiger partial charge is 0.315 e. The summed E-state index contributed by atoms with van der Waals surface area (Å²) in [6, 6.07) is 10.7. The van der Waals surface area contributed by atoms with Gasteiger partial charge in [0.25, 0.3) is 5.91 Å². The molecule has 0 radical (unpaired) electrons. The number of rotatable bonds is 7. The van der Waals surface area contributed by atoms with Gasteiger partial charge < -0.3 is 19.9 Å². The number of hydrogen-bond donors (Lipinski definition) is 2. The van der Waals surface area contributed by atoms with Crippen LogP contribution < -0.4 is 14.8 Å². The number of phenolic OH excluding ortho intramolecular Hbond substituents is 1. The Morgan fingerprint density at radius 2 is 2.04 bits per heavy atom. The van der Waals surface area contributed by atoms with Crippen LogP contribution in [-0.4, -0.2) is 29.7 Å². The number of ether oxygens (including phenoxy) is 2. The normalized spacial score (nSPS) is 10.7. The fraction of sp³-hybridized carbons (Fsp3) is 0.158. The molecular weight excluding hydrogens is 366 g/mol. The quantitative estimate of drug-likeness (QED) is 0.324. The van der Waals surface area contributed by atoms with Crippen LogP contribution in [0.15, 0.2) is 42.0 Å². The van der Waals surface area contributed by atoms with Crippen molar-refractivity contribution in [3.63, 3.8) is 0 Å². The van der Waals surface area contributed by atoms with Gasteiger partial charge in [0, 0.05) is 11.8 Å². The highest BCUT2D eigenvalue weighted by Crippen LogP contribution is 2.37. The molecule has 0 aliphatic rings. The number of hydrogen-bond acceptors (Lipinski definition) is 7. The van der Waals surface area contributed by atoms with Crippen molar-refractivity contribution >= 4 is 23.4 Å². The maximum atomic E-state index is 12.4. The number of nitrogens with zero attached hydrogens (tertiary/aromatic N) is 2. The lowest BCUT2D eigenvalue weighted by atomic mass is 10.1. The van der Waals surface area contributed by atoms with Gasteiger partial charge in [0.2, 0.25) is 5.75 Å². The van der Waals surface area contributed by atoms with Crippen LogP contribution in [0.4, 0.5) is 11.4 Å². The first kappa shape index (κ1) is 20.3. The van der Waals surface area contributed by atoms with Gasteiger partial charge in [-0.3, -0.25) is 14.9 Å². The molecule has 0 fully saturated rings. The Balaban J connectivity index is 2.30. The van der Waals surface area contributed by atoms with Gasteiger partial charge in [-0.05, 0) is 48.9 Å². The standard InChI is InChI=1S/C19H17N3O6/c1-3-28-15-6-4-14(5-7-15)21-19(24)13(11-20)8-12-9-16(22(25)26)18(23)17(10-12)27-2/h4-10,23H,3H2,1-2H3,(H,21,24).